The topological polar surface area (TPSA) is 22.6 Å². The normalized spacial score (nSPS) is 18.4. The minimum absolute atomic E-state index is 0.939. The van der Waals surface area contributed by atoms with Crippen LogP contribution in [0.15, 0.2) is 24.4 Å². The highest BCUT2D eigenvalue weighted by molar-refractivity contribution is 5.02. The molecule has 1 aliphatic rings. The molecule has 0 aliphatic carbocycles. The molecular weight excluding hydrogens is 224 g/mol. The fourth-order valence-corrected chi connectivity index (χ4v) is 2.23. The molecule has 1 saturated heterocycles. The minimum atomic E-state index is 0.939. The molecule has 0 bridgehead atoms. The molecule has 1 aromatic rings. The van der Waals surface area contributed by atoms with E-state index in [0.717, 1.165) is 25.3 Å². The van der Waals surface area contributed by atoms with Crippen LogP contribution in [0.2, 0.25) is 0 Å². The van der Waals surface area contributed by atoms with Crippen LogP contribution in [0.5, 0.6) is 0 Å². The van der Waals surface area contributed by atoms with Crippen LogP contribution >= 0.6 is 0 Å². The van der Waals surface area contributed by atoms with E-state index in [2.05, 4.69) is 45.9 Å². The highest BCUT2D eigenvalue weighted by Crippen LogP contribution is 2.01. The van der Waals surface area contributed by atoms with Crippen molar-refractivity contribution < 1.29 is 0 Å². The molecule has 1 aromatic heterocycles. The molecule has 0 aromatic carbocycles. The predicted octanol–water partition coefficient (Wildman–Crippen LogP) is 0.761. The Labute approximate surface area is 110 Å². The molecule has 0 atom stereocenters. The van der Waals surface area contributed by atoms with E-state index in [-0.39, 0.29) is 0 Å². The summed E-state index contributed by atoms with van der Waals surface area (Å²) in [5.41, 5.74) is 1.15. The van der Waals surface area contributed by atoms with Gasteiger partial charge < -0.3 is 4.90 Å². The van der Waals surface area contributed by atoms with E-state index in [4.69, 9.17) is 0 Å². The molecule has 0 spiro atoms. The Morgan fingerprint density at radius 1 is 1.22 bits per heavy atom. The quantitative estimate of drug-likeness (QED) is 0.767. The Kier molecular flexibility index (Phi) is 5.11. The molecule has 1 fully saturated rings. The first-order chi connectivity index (χ1) is 8.74. The second-order valence-corrected chi connectivity index (χ2v) is 5.20. The van der Waals surface area contributed by atoms with Crippen molar-refractivity contribution in [1.82, 2.24) is 19.7 Å². The van der Waals surface area contributed by atoms with Gasteiger partial charge in [0.15, 0.2) is 0 Å². The molecule has 0 amide bonds. The summed E-state index contributed by atoms with van der Waals surface area (Å²) < 4.78 is 0. The number of rotatable bonds is 5. The van der Waals surface area contributed by atoms with Gasteiger partial charge in [0.1, 0.15) is 0 Å². The van der Waals surface area contributed by atoms with Gasteiger partial charge in [-0.05, 0) is 26.2 Å². The van der Waals surface area contributed by atoms with E-state index in [1.807, 2.05) is 12.3 Å². The molecule has 18 heavy (non-hydrogen) atoms. The standard InChI is InChI=1S/C14H24N4/c1-16-7-10-18(11-8-16)12-9-17(2)13-14-5-3-4-6-15-14/h3-6H,7-13H2,1-2H3. The van der Waals surface area contributed by atoms with Crippen molar-refractivity contribution >= 4 is 0 Å². The van der Waals surface area contributed by atoms with Gasteiger partial charge in [0.2, 0.25) is 0 Å². The molecule has 0 saturated carbocycles. The summed E-state index contributed by atoms with van der Waals surface area (Å²) in [5.74, 6) is 0. The van der Waals surface area contributed by atoms with Crippen LogP contribution in [0.4, 0.5) is 0 Å². The molecule has 0 unspecified atom stereocenters. The maximum atomic E-state index is 4.36. The van der Waals surface area contributed by atoms with Crippen LogP contribution in [0, 0.1) is 0 Å². The maximum Gasteiger partial charge on any atom is 0.0543 e. The fraction of sp³-hybridized carbons (Fsp3) is 0.643. The van der Waals surface area contributed by atoms with Gasteiger partial charge in [0.05, 0.1) is 5.69 Å². The smallest absolute Gasteiger partial charge is 0.0543 e. The summed E-state index contributed by atoms with van der Waals surface area (Å²) in [6.45, 7) is 8.02. The number of nitrogens with zero attached hydrogens (tertiary/aromatic N) is 4. The molecule has 2 rings (SSSR count). The van der Waals surface area contributed by atoms with E-state index >= 15 is 0 Å². The Hall–Kier alpha value is -0.970. The van der Waals surface area contributed by atoms with Gasteiger partial charge in [-0.2, -0.15) is 0 Å². The summed E-state index contributed by atoms with van der Waals surface area (Å²) in [6.07, 6.45) is 1.86. The van der Waals surface area contributed by atoms with Crippen LogP contribution in [0.3, 0.4) is 0 Å². The molecular formula is C14H24N4. The summed E-state index contributed by atoms with van der Waals surface area (Å²) in [7, 11) is 4.37. The molecule has 1 aliphatic heterocycles. The summed E-state index contributed by atoms with van der Waals surface area (Å²) in [6, 6.07) is 6.11. The average molecular weight is 248 g/mol. The Morgan fingerprint density at radius 3 is 2.67 bits per heavy atom. The zero-order valence-corrected chi connectivity index (χ0v) is 11.5. The Balaban J connectivity index is 1.67. The SMILES string of the molecule is CN1CCN(CCN(C)Cc2ccccn2)CC1. The second-order valence-electron chi connectivity index (χ2n) is 5.20. The Morgan fingerprint density at radius 2 is 2.00 bits per heavy atom. The first-order valence-electron chi connectivity index (χ1n) is 6.73. The lowest BCUT2D eigenvalue weighted by atomic mass is 10.3. The van der Waals surface area contributed by atoms with Crippen molar-refractivity contribution in [1.29, 1.82) is 0 Å². The van der Waals surface area contributed by atoms with Crippen LogP contribution in [0.25, 0.3) is 0 Å². The van der Waals surface area contributed by atoms with Gasteiger partial charge >= 0.3 is 0 Å². The average Bonchev–Trinajstić information content (AvgIpc) is 2.39. The van der Waals surface area contributed by atoms with Crippen LogP contribution in [-0.2, 0) is 6.54 Å². The molecule has 0 N–H and O–H groups in total. The van der Waals surface area contributed by atoms with E-state index < -0.39 is 0 Å². The molecule has 4 heteroatoms. The lowest BCUT2D eigenvalue weighted by molar-refractivity contribution is 0.139. The molecule has 2 heterocycles. The predicted molar refractivity (Wildman–Crippen MR) is 74.5 cm³/mol. The van der Waals surface area contributed by atoms with Gasteiger partial charge in [-0.1, -0.05) is 6.07 Å². The van der Waals surface area contributed by atoms with E-state index in [9.17, 15) is 0 Å². The van der Waals surface area contributed by atoms with Crippen LogP contribution < -0.4 is 0 Å². The van der Waals surface area contributed by atoms with Gasteiger partial charge in [0, 0.05) is 52.0 Å². The minimum Gasteiger partial charge on any atom is -0.304 e. The van der Waals surface area contributed by atoms with Gasteiger partial charge in [-0.15, -0.1) is 0 Å². The lowest BCUT2D eigenvalue weighted by Gasteiger charge is -2.33. The number of hydrogen-bond donors (Lipinski definition) is 0. The summed E-state index contributed by atoms with van der Waals surface area (Å²) in [5, 5.41) is 0. The number of aromatic nitrogens is 1. The zero-order chi connectivity index (χ0) is 12.8. The summed E-state index contributed by atoms with van der Waals surface area (Å²) >= 11 is 0. The van der Waals surface area contributed by atoms with Crippen molar-refractivity contribution in [3.63, 3.8) is 0 Å². The van der Waals surface area contributed by atoms with Gasteiger partial charge in [-0.25, -0.2) is 0 Å². The number of likely N-dealkylation sites (N-methyl/N-ethyl adjacent to an activating group) is 2. The van der Waals surface area contributed by atoms with Crippen LogP contribution in [-0.4, -0.2) is 73.0 Å². The molecule has 0 radical (unpaired) electrons. The fourth-order valence-electron chi connectivity index (χ4n) is 2.23. The molecule has 4 nitrogen and oxygen atoms in total. The van der Waals surface area contributed by atoms with E-state index in [1.165, 1.54) is 26.2 Å². The molecule has 100 valence electrons. The Bertz CT molecular complexity index is 333. The zero-order valence-electron chi connectivity index (χ0n) is 11.5. The number of piperazine rings is 1. The van der Waals surface area contributed by atoms with Crippen molar-refractivity contribution in [3.8, 4) is 0 Å². The third-order valence-corrected chi connectivity index (χ3v) is 3.55. The van der Waals surface area contributed by atoms with Crippen molar-refractivity contribution in [3.05, 3.63) is 30.1 Å². The first kappa shape index (κ1) is 13.5. The lowest BCUT2D eigenvalue weighted by Crippen LogP contribution is -2.46. The van der Waals surface area contributed by atoms with Crippen molar-refractivity contribution in [2.75, 3.05) is 53.4 Å². The van der Waals surface area contributed by atoms with Gasteiger partial charge in [-0.3, -0.25) is 14.8 Å². The maximum absolute atomic E-state index is 4.36. The highest BCUT2D eigenvalue weighted by atomic mass is 15.3. The van der Waals surface area contributed by atoms with Crippen molar-refractivity contribution in [2.24, 2.45) is 0 Å². The monoisotopic (exact) mass is 248 g/mol. The third-order valence-electron chi connectivity index (χ3n) is 3.55. The first-order valence-corrected chi connectivity index (χ1v) is 6.73. The largest absolute Gasteiger partial charge is 0.304 e. The third kappa shape index (κ3) is 4.37. The highest BCUT2D eigenvalue weighted by Gasteiger charge is 2.13. The van der Waals surface area contributed by atoms with Gasteiger partial charge in [0.25, 0.3) is 0 Å². The number of hydrogen-bond acceptors (Lipinski definition) is 4. The van der Waals surface area contributed by atoms with Crippen LogP contribution in [0.1, 0.15) is 5.69 Å². The van der Waals surface area contributed by atoms with Crippen molar-refractivity contribution in [2.45, 2.75) is 6.54 Å². The van der Waals surface area contributed by atoms with E-state index in [1.54, 1.807) is 0 Å². The number of pyridine rings is 1. The van der Waals surface area contributed by atoms with E-state index in [0.29, 0.717) is 0 Å². The summed E-state index contributed by atoms with van der Waals surface area (Å²) in [4.78, 5) is 11.7. The second kappa shape index (κ2) is 6.83.